The molecule has 0 radical (unpaired) electrons. The van der Waals surface area contributed by atoms with Crippen LogP contribution in [0.4, 0.5) is 4.79 Å². The zero-order valence-corrected chi connectivity index (χ0v) is 10.2. The number of aromatic hydroxyl groups is 1. The van der Waals surface area contributed by atoms with Crippen LogP contribution in [0, 0.1) is 0 Å². The molecule has 0 atom stereocenters. The third-order valence-electron chi connectivity index (χ3n) is 2.25. The molecule has 2 amide bonds. The number of benzene rings is 1. The van der Waals surface area contributed by atoms with E-state index in [1.807, 2.05) is 32.9 Å². The van der Waals surface area contributed by atoms with Crippen LogP contribution in [0.2, 0.25) is 0 Å². The first-order valence-electron chi connectivity index (χ1n) is 5.23. The van der Waals surface area contributed by atoms with Gasteiger partial charge in [-0.1, -0.05) is 32.9 Å². The Morgan fingerprint density at radius 1 is 1.47 bits per heavy atom. The maximum atomic E-state index is 10.4. The summed E-state index contributed by atoms with van der Waals surface area (Å²) >= 11 is 0. The lowest BCUT2D eigenvalue weighted by Crippen LogP contribution is -2.24. The highest BCUT2D eigenvalue weighted by atomic mass is 16.3. The number of phenols is 1. The number of nitrogens with one attached hydrogen (secondary N) is 1. The monoisotopic (exact) mass is 235 g/mol. The molecule has 0 fully saturated rings. The molecule has 5 heteroatoms. The Morgan fingerprint density at radius 3 is 2.65 bits per heavy atom. The molecule has 0 saturated heterocycles. The average Bonchev–Trinajstić information content (AvgIpc) is 2.18. The number of hydrogen-bond acceptors (Lipinski definition) is 3. The predicted octanol–water partition coefficient (Wildman–Crippen LogP) is 1.69. The summed E-state index contributed by atoms with van der Waals surface area (Å²) in [5.74, 6) is 0.162. The summed E-state index contributed by atoms with van der Waals surface area (Å²) in [6.07, 6.45) is 1.36. The molecular formula is C12H17N3O2. The van der Waals surface area contributed by atoms with E-state index in [0.29, 0.717) is 5.56 Å². The van der Waals surface area contributed by atoms with Crippen molar-refractivity contribution in [3.8, 4) is 5.75 Å². The van der Waals surface area contributed by atoms with Gasteiger partial charge in [0.05, 0.1) is 6.21 Å². The van der Waals surface area contributed by atoms with Crippen LogP contribution >= 0.6 is 0 Å². The van der Waals surface area contributed by atoms with Crippen molar-refractivity contribution in [1.82, 2.24) is 5.43 Å². The largest absolute Gasteiger partial charge is 0.507 e. The summed E-state index contributed by atoms with van der Waals surface area (Å²) in [7, 11) is 0. The lowest BCUT2D eigenvalue weighted by molar-refractivity contribution is 0.249. The molecule has 0 aliphatic heterocycles. The van der Waals surface area contributed by atoms with E-state index < -0.39 is 6.03 Å². The highest BCUT2D eigenvalue weighted by Gasteiger charge is 2.18. The van der Waals surface area contributed by atoms with Crippen LogP contribution in [0.1, 0.15) is 31.9 Å². The van der Waals surface area contributed by atoms with Gasteiger partial charge in [-0.05, 0) is 17.0 Å². The van der Waals surface area contributed by atoms with Gasteiger partial charge in [-0.3, -0.25) is 0 Å². The zero-order valence-electron chi connectivity index (χ0n) is 10.2. The molecular weight excluding hydrogens is 218 g/mol. The number of nitrogens with two attached hydrogens (primary N) is 1. The molecule has 0 aromatic heterocycles. The average molecular weight is 235 g/mol. The van der Waals surface area contributed by atoms with E-state index in [1.54, 1.807) is 6.07 Å². The van der Waals surface area contributed by atoms with Crippen LogP contribution in [0.5, 0.6) is 5.75 Å². The van der Waals surface area contributed by atoms with Gasteiger partial charge in [0.15, 0.2) is 0 Å². The number of amides is 2. The zero-order chi connectivity index (χ0) is 13.1. The van der Waals surface area contributed by atoms with Gasteiger partial charge in [0.1, 0.15) is 5.75 Å². The number of phenolic OH excluding ortho intramolecular Hbond substituents is 1. The molecule has 1 aromatic rings. The van der Waals surface area contributed by atoms with Crippen LogP contribution in [-0.4, -0.2) is 17.4 Å². The molecule has 4 N–H and O–H groups in total. The fourth-order valence-electron chi connectivity index (χ4n) is 1.44. The van der Waals surface area contributed by atoms with Crippen LogP contribution in [0.25, 0.3) is 0 Å². The van der Waals surface area contributed by atoms with Crippen molar-refractivity contribution in [3.05, 3.63) is 29.3 Å². The molecule has 1 aromatic carbocycles. The molecule has 0 aliphatic rings. The van der Waals surface area contributed by atoms with E-state index >= 15 is 0 Å². The van der Waals surface area contributed by atoms with E-state index in [1.165, 1.54) is 6.21 Å². The van der Waals surface area contributed by atoms with Crippen molar-refractivity contribution in [3.63, 3.8) is 0 Å². The molecule has 0 unspecified atom stereocenters. The second-order valence-corrected chi connectivity index (χ2v) is 4.73. The van der Waals surface area contributed by atoms with E-state index in [-0.39, 0.29) is 11.2 Å². The number of carbonyl (C=O) groups is 1. The minimum atomic E-state index is -0.743. The lowest BCUT2D eigenvalue weighted by Gasteiger charge is -2.21. The summed E-state index contributed by atoms with van der Waals surface area (Å²) in [5.41, 5.74) is 8.14. The first-order valence-corrected chi connectivity index (χ1v) is 5.23. The van der Waals surface area contributed by atoms with Crippen molar-refractivity contribution in [2.24, 2.45) is 10.8 Å². The van der Waals surface area contributed by atoms with Crippen molar-refractivity contribution in [2.75, 3.05) is 0 Å². The Bertz CT molecular complexity index is 448. The maximum absolute atomic E-state index is 10.4. The number of hydrogen-bond donors (Lipinski definition) is 3. The first-order chi connectivity index (χ1) is 7.82. The van der Waals surface area contributed by atoms with Crippen molar-refractivity contribution >= 4 is 12.2 Å². The van der Waals surface area contributed by atoms with Crippen LogP contribution in [-0.2, 0) is 5.41 Å². The Balaban J connectivity index is 3.03. The minimum absolute atomic E-state index is 0.162. The summed E-state index contributed by atoms with van der Waals surface area (Å²) in [6.45, 7) is 6.01. The second-order valence-electron chi connectivity index (χ2n) is 4.73. The highest BCUT2D eigenvalue weighted by molar-refractivity contribution is 5.85. The summed E-state index contributed by atoms with van der Waals surface area (Å²) in [6, 6.07) is 4.64. The van der Waals surface area contributed by atoms with Gasteiger partial charge in [-0.2, -0.15) is 5.10 Å². The lowest BCUT2D eigenvalue weighted by atomic mass is 9.85. The van der Waals surface area contributed by atoms with Gasteiger partial charge in [-0.15, -0.1) is 0 Å². The number of para-hydroxylation sites is 1. The van der Waals surface area contributed by atoms with Crippen molar-refractivity contribution in [2.45, 2.75) is 26.2 Å². The normalized spacial score (nSPS) is 11.7. The van der Waals surface area contributed by atoms with Crippen LogP contribution in [0.3, 0.4) is 0 Å². The minimum Gasteiger partial charge on any atom is -0.507 e. The summed E-state index contributed by atoms with van der Waals surface area (Å²) in [5, 5.41) is 13.7. The quantitative estimate of drug-likeness (QED) is 0.538. The Hall–Kier alpha value is -2.04. The SMILES string of the molecule is CC(C)(C)c1cccc(C=NNC(N)=O)c1O. The third kappa shape index (κ3) is 3.48. The van der Waals surface area contributed by atoms with E-state index in [2.05, 4.69) is 10.5 Å². The number of carbonyl (C=O) groups excluding carboxylic acids is 1. The standard InChI is InChI=1S/C12H17N3O2/c1-12(2,3)9-6-4-5-8(10(9)16)7-14-15-11(13)17/h4-7,16H,1-3H3,(H3,13,15,17). The molecule has 0 heterocycles. The summed E-state index contributed by atoms with van der Waals surface area (Å²) in [4.78, 5) is 10.4. The van der Waals surface area contributed by atoms with Gasteiger partial charge >= 0.3 is 6.03 Å². The van der Waals surface area contributed by atoms with Crippen LogP contribution in [0.15, 0.2) is 23.3 Å². The fourth-order valence-corrected chi connectivity index (χ4v) is 1.44. The van der Waals surface area contributed by atoms with Crippen molar-refractivity contribution in [1.29, 1.82) is 0 Å². The summed E-state index contributed by atoms with van der Waals surface area (Å²) < 4.78 is 0. The van der Waals surface area contributed by atoms with Gasteiger partial charge in [0.25, 0.3) is 0 Å². The van der Waals surface area contributed by atoms with E-state index in [9.17, 15) is 9.90 Å². The molecule has 17 heavy (non-hydrogen) atoms. The number of hydrazone groups is 1. The number of primary amides is 1. The number of urea groups is 1. The first kappa shape index (κ1) is 13.0. The molecule has 0 spiro atoms. The maximum Gasteiger partial charge on any atom is 0.332 e. The smallest absolute Gasteiger partial charge is 0.332 e. The van der Waals surface area contributed by atoms with E-state index in [0.717, 1.165) is 5.56 Å². The Labute approximate surface area is 100 Å². The molecule has 0 bridgehead atoms. The molecule has 92 valence electrons. The molecule has 0 saturated carbocycles. The van der Waals surface area contributed by atoms with E-state index in [4.69, 9.17) is 5.73 Å². The highest BCUT2D eigenvalue weighted by Crippen LogP contribution is 2.32. The third-order valence-corrected chi connectivity index (χ3v) is 2.25. The van der Waals surface area contributed by atoms with Gasteiger partial charge in [0, 0.05) is 5.56 Å². The van der Waals surface area contributed by atoms with Crippen molar-refractivity contribution < 1.29 is 9.90 Å². The number of rotatable bonds is 2. The van der Waals surface area contributed by atoms with Gasteiger partial charge in [-0.25, -0.2) is 10.2 Å². The Kier molecular flexibility index (Phi) is 3.73. The van der Waals surface area contributed by atoms with Gasteiger partial charge in [0.2, 0.25) is 0 Å². The topological polar surface area (TPSA) is 87.7 Å². The Morgan fingerprint density at radius 2 is 2.12 bits per heavy atom. The van der Waals surface area contributed by atoms with Gasteiger partial charge < -0.3 is 10.8 Å². The number of nitrogens with zero attached hydrogens (tertiary/aromatic N) is 1. The second kappa shape index (κ2) is 4.86. The molecule has 1 rings (SSSR count). The fraction of sp³-hybridized carbons (Fsp3) is 0.333. The predicted molar refractivity (Wildman–Crippen MR) is 67.1 cm³/mol. The van der Waals surface area contributed by atoms with Crippen LogP contribution < -0.4 is 11.2 Å². The molecule has 0 aliphatic carbocycles. The molecule has 5 nitrogen and oxygen atoms in total.